The highest BCUT2D eigenvalue weighted by Gasteiger charge is 2.13. The molecule has 9 nitrogen and oxygen atoms in total. The summed E-state index contributed by atoms with van der Waals surface area (Å²) >= 11 is 3.50. The molecule has 2 aromatic heterocycles. The standard InChI is InChI=1S/C22H30BrN7O2/c1-4-5-17(14-31)26-19-10-20(30-22(28-19)18(23)12-25-30)24-11-15-6-8-16(9-7-15)27-21(32)13-29(2)3/h6-10,12,17,24,31H,4-5,11,13-14H2,1-3H3,(H,26,28)(H,27,32). The Hall–Kier alpha value is -2.69. The van der Waals surface area contributed by atoms with Crippen molar-refractivity contribution >= 4 is 44.8 Å². The summed E-state index contributed by atoms with van der Waals surface area (Å²) in [5, 5.41) is 23.6. The number of likely N-dealkylation sites (N-methyl/N-ethyl adjacent to an activating group) is 1. The van der Waals surface area contributed by atoms with Crippen molar-refractivity contribution in [3.8, 4) is 0 Å². The molecule has 172 valence electrons. The zero-order valence-electron chi connectivity index (χ0n) is 18.6. The number of anilines is 3. The predicted molar refractivity (Wildman–Crippen MR) is 131 cm³/mol. The molecular weight excluding hydrogens is 474 g/mol. The number of aromatic nitrogens is 3. The molecule has 0 bridgehead atoms. The molecule has 1 aromatic carbocycles. The van der Waals surface area contributed by atoms with Crippen molar-refractivity contribution in [2.45, 2.75) is 32.4 Å². The average molecular weight is 504 g/mol. The van der Waals surface area contributed by atoms with Gasteiger partial charge in [0.1, 0.15) is 11.6 Å². The molecule has 1 amide bonds. The maximum absolute atomic E-state index is 11.9. The molecule has 3 rings (SSSR count). The van der Waals surface area contributed by atoms with Crippen molar-refractivity contribution in [2.75, 3.05) is 43.2 Å². The number of carbonyl (C=O) groups excluding carboxylic acids is 1. The Bertz CT molecular complexity index is 1040. The monoisotopic (exact) mass is 503 g/mol. The fourth-order valence-electron chi connectivity index (χ4n) is 3.29. The van der Waals surface area contributed by atoms with Gasteiger partial charge < -0.3 is 26.0 Å². The van der Waals surface area contributed by atoms with E-state index in [1.165, 1.54) is 0 Å². The Balaban J connectivity index is 1.72. The van der Waals surface area contributed by atoms with Gasteiger partial charge in [-0.1, -0.05) is 25.5 Å². The molecule has 4 N–H and O–H groups in total. The zero-order chi connectivity index (χ0) is 23.1. The molecule has 10 heteroatoms. The van der Waals surface area contributed by atoms with Gasteiger partial charge in [0.15, 0.2) is 5.65 Å². The summed E-state index contributed by atoms with van der Waals surface area (Å²) in [7, 11) is 3.72. The van der Waals surface area contributed by atoms with Crippen LogP contribution in [0.4, 0.5) is 17.3 Å². The van der Waals surface area contributed by atoms with E-state index in [-0.39, 0.29) is 18.6 Å². The molecule has 0 saturated heterocycles. The Morgan fingerprint density at radius 2 is 2.03 bits per heavy atom. The Labute approximate surface area is 196 Å². The lowest BCUT2D eigenvalue weighted by Gasteiger charge is -2.17. The van der Waals surface area contributed by atoms with E-state index >= 15 is 0 Å². The summed E-state index contributed by atoms with van der Waals surface area (Å²) in [6.07, 6.45) is 3.52. The number of hydrogen-bond donors (Lipinski definition) is 4. The lowest BCUT2D eigenvalue weighted by molar-refractivity contribution is -0.116. The first-order valence-corrected chi connectivity index (χ1v) is 11.4. The van der Waals surface area contributed by atoms with Crippen LogP contribution in [0.3, 0.4) is 0 Å². The van der Waals surface area contributed by atoms with Crippen LogP contribution in [0.2, 0.25) is 0 Å². The number of hydrogen-bond acceptors (Lipinski definition) is 7. The molecule has 0 aliphatic rings. The highest BCUT2D eigenvalue weighted by molar-refractivity contribution is 9.10. The van der Waals surface area contributed by atoms with Crippen molar-refractivity contribution in [3.63, 3.8) is 0 Å². The van der Waals surface area contributed by atoms with Crippen LogP contribution in [0.1, 0.15) is 25.3 Å². The lowest BCUT2D eigenvalue weighted by Crippen LogP contribution is -2.27. The Morgan fingerprint density at radius 3 is 2.69 bits per heavy atom. The minimum Gasteiger partial charge on any atom is -0.394 e. The first-order valence-electron chi connectivity index (χ1n) is 10.6. The van der Waals surface area contributed by atoms with Crippen molar-refractivity contribution in [1.82, 2.24) is 19.5 Å². The number of aliphatic hydroxyl groups excluding tert-OH is 1. The molecule has 2 heterocycles. The van der Waals surface area contributed by atoms with E-state index in [4.69, 9.17) is 0 Å². The van der Waals surface area contributed by atoms with Crippen LogP contribution in [0.15, 0.2) is 41.0 Å². The van der Waals surface area contributed by atoms with Gasteiger partial charge in [0, 0.05) is 18.3 Å². The molecule has 3 aromatic rings. The second kappa shape index (κ2) is 11.3. The van der Waals surface area contributed by atoms with E-state index < -0.39 is 0 Å². The number of carbonyl (C=O) groups is 1. The Kier molecular flexibility index (Phi) is 8.43. The maximum atomic E-state index is 11.9. The number of benzene rings is 1. The number of aliphatic hydroxyl groups is 1. The molecule has 0 aliphatic heterocycles. The van der Waals surface area contributed by atoms with Gasteiger partial charge in [0.2, 0.25) is 5.91 Å². The van der Waals surface area contributed by atoms with E-state index in [0.29, 0.717) is 24.6 Å². The number of halogens is 1. The van der Waals surface area contributed by atoms with Gasteiger partial charge in [-0.3, -0.25) is 4.79 Å². The maximum Gasteiger partial charge on any atom is 0.238 e. The molecule has 0 fully saturated rings. The van der Waals surface area contributed by atoms with Gasteiger partial charge in [-0.15, -0.1) is 0 Å². The molecular formula is C22H30BrN7O2. The van der Waals surface area contributed by atoms with E-state index in [1.807, 2.05) is 49.3 Å². The Morgan fingerprint density at radius 1 is 1.28 bits per heavy atom. The third kappa shape index (κ3) is 6.41. The van der Waals surface area contributed by atoms with Gasteiger partial charge in [-0.2, -0.15) is 9.61 Å². The van der Waals surface area contributed by atoms with Gasteiger partial charge >= 0.3 is 0 Å². The molecule has 1 unspecified atom stereocenters. The number of fused-ring (bicyclic) bond motifs is 1. The molecule has 0 radical (unpaired) electrons. The van der Waals surface area contributed by atoms with Crippen molar-refractivity contribution < 1.29 is 9.90 Å². The minimum absolute atomic E-state index is 0.0430. The lowest BCUT2D eigenvalue weighted by atomic mass is 10.2. The van der Waals surface area contributed by atoms with Crippen LogP contribution in [0.5, 0.6) is 0 Å². The predicted octanol–water partition coefficient (Wildman–Crippen LogP) is 3.18. The highest BCUT2D eigenvalue weighted by Crippen LogP contribution is 2.23. The van der Waals surface area contributed by atoms with Crippen LogP contribution in [0, 0.1) is 0 Å². The van der Waals surface area contributed by atoms with E-state index in [0.717, 1.165) is 34.4 Å². The first-order chi connectivity index (χ1) is 15.4. The molecule has 0 aliphatic carbocycles. The summed E-state index contributed by atoms with van der Waals surface area (Å²) in [6.45, 7) is 3.04. The number of amides is 1. The second-order valence-corrected chi connectivity index (χ2v) is 8.76. The quantitative estimate of drug-likeness (QED) is 0.318. The number of nitrogens with zero attached hydrogens (tertiary/aromatic N) is 4. The number of rotatable bonds is 11. The van der Waals surface area contributed by atoms with Crippen molar-refractivity contribution in [3.05, 3.63) is 46.6 Å². The van der Waals surface area contributed by atoms with Gasteiger partial charge in [0.25, 0.3) is 0 Å². The highest BCUT2D eigenvalue weighted by atomic mass is 79.9. The molecule has 0 saturated carbocycles. The molecule has 0 spiro atoms. The van der Waals surface area contributed by atoms with E-state index in [1.54, 1.807) is 10.7 Å². The summed E-state index contributed by atoms with van der Waals surface area (Å²) < 4.78 is 2.52. The van der Waals surface area contributed by atoms with Gasteiger partial charge in [-0.25, -0.2) is 4.98 Å². The molecule has 32 heavy (non-hydrogen) atoms. The van der Waals surface area contributed by atoms with Gasteiger partial charge in [-0.05, 0) is 54.1 Å². The second-order valence-electron chi connectivity index (χ2n) is 7.90. The largest absolute Gasteiger partial charge is 0.394 e. The summed E-state index contributed by atoms with van der Waals surface area (Å²) in [5.74, 6) is 1.40. The fraction of sp³-hybridized carbons (Fsp3) is 0.409. The first kappa shape index (κ1) is 24.0. The summed E-state index contributed by atoms with van der Waals surface area (Å²) in [5.41, 5.74) is 2.51. The smallest absolute Gasteiger partial charge is 0.238 e. The zero-order valence-corrected chi connectivity index (χ0v) is 20.2. The average Bonchev–Trinajstić information content (AvgIpc) is 3.13. The molecule has 1 atom stereocenters. The summed E-state index contributed by atoms with van der Waals surface area (Å²) in [6, 6.07) is 9.55. The number of nitrogens with one attached hydrogen (secondary N) is 3. The van der Waals surface area contributed by atoms with Crippen LogP contribution in [0.25, 0.3) is 5.65 Å². The third-order valence-corrected chi connectivity index (χ3v) is 5.37. The SMILES string of the molecule is CCCC(CO)Nc1cc(NCc2ccc(NC(=O)CN(C)C)cc2)n2ncc(Br)c2n1. The van der Waals surface area contributed by atoms with Crippen LogP contribution < -0.4 is 16.0 Å². The van der Waals surface area contributed by atoms with Crippen LogP contribution >= 0.6 is 15.9 Å². The fourth-order valence-corrected chi connectivity index (χ4v) is 3.64. The third-order valence-electron chi connectivity index (χ3n) is 4.81. The van der Waals surface area contributed by atoms with Crippen LogP contribution in [-0.2, 0) is 11.3 Å². The summed E-state index contributed by atoms with van der Waals surface area (Å²) in [4.78, 5) is 18.4. The normalized spacial score (nSPS) is 12.2. The van der Waals surface area contributed by atoms with Crippen molar-refractivity contribution in [1.29, 1.82) is 0 Å². The minimum atomic E-state index is -0.0558. The van der Waals surface area contributed by atoms with Crippen LogP contribution in [-0.4, -0.2) is 63.8 Å². The van der Waals surface area contributed by atoms with E-state index in [2.05, 4.69) is 48.9 Å². The van der Waals surface area contributed by atoms with E-state index in [9.17, 15) is 9.90 Å². The topological polar surface area (TPSA) is 107 Å². The van der Waals surface area contributed by atoms with Crippen molar-refractivity contribution in [2.24, 2.45) is 0 Å². The van der Waals surface area contributed by atoms with Gasteiger partial charge in [0.05, 0.1) is 29.9 Å².